The minimum absolute atomic E-state index is 0.00297. The molecule has 0 saturated heterocycles. The number of hydrogen-bond donors (Lipinski definition) is 0. The zero-order valence-electron chi connectivity index (χ0n) is 12.0. The van der Waals surface area contributed by atoms with Crippen LogP contribution in [0.2, 0.25) is 0 Å². The molecule has 0 aliphatic heterocycles. The molecule has 0 amide bonds. The first kappa shape index (κ1) is 14.7. The molecule has 3 heteroatoms. The first-order chi connectivity index (χ1) is 9.65. The lowest BCUT2D eigenvalue weighted by Crippen LogP contribution is -2.11. The van der Waals surface area contributed by atoms with Gasteiger partial charge in [0.15, 0.2) is 0 Å². The lowest BCUT2D eigenvalue weighted by atomic mass is 9.89. The Balaban J connectivity index is 2.33. The van der Waals surface area contributed by atoms with Crippen LogP contribution in [0.4, 0.5) is 0 Å². The smallest absolute Gasteiger partial charge is 0.118 e. The summed E-state index contributed by atoms with van der Waals surface area (Å²) in [5.41, 5.74) is 2.36. The van der Waals surface area contributed by atoms with Crippen LogP contribution < -0.4 is 9.47 Å². The van der Waals surface area contributed by atoms with E-state index in [1.54, 1.807) is 14.2 Å². The summed E-state index contributed by atoms with van der Waals surface area (Å²) in [6, 6.07) is 16.1. The molecule has 0 aliphatic rings. The first-order valence-corrected chi connectivity index (χ1v) is 7.01. The van der Waals surface area contributed by atoms with E-state index < -0.39 is 0 Å². The van der Waals surface area contributed by atoms with Crippen molar-refractivity contribution in [3.05, 3.63) is 59.7 Å². The van der Waals surface area contributed by atoms with Crippen molar-refractivity contribution in [3.8, 4) is 11.5 Å². The number of halogens is 1. The largest absolute Gasteiger partial charge is 0.497 e. The van der Waals surface area contributed by atoms with E-state index in [0.717, 1.165) is 11.5 Å². The third-order valence-electron chi connectivity index (χ3n) is 3.41. The van der Waals surface area contributed by atoms with Crippen LogP contribution in [-0.2, 0) is 0 Å². The number of hydrogen-bond acceptors (Lipinski definition) is 2. The molecular formula is C17H19ClO2. The van der Waals surface area contributed by atoms with Gasteiger partial charge < -0.3 is 9.47 Å². The normalized spacial score (nSPS) is 12.2. The molecule has 0 bridgehead atoms. The molecule has 0 fully saturated rings. The van der Waals surface area contributed by atoms with Gasteiger partial charge in [0.05, 0.1) is 14.2 Å². The van der Waals surface area contributed by atoms with Gasteiger partial charge in [-0.25, -0.2) is 0 Å². The van der Waals surface area contributed by atoms with Gasteiger partial charge in [0.25, 0.3) is 0 Å². The maximum absolute atomic E-state index is 6.40. The molecule has 1 atom stereocenters. The van der Waals surface area contributed by atoms with Crippen molar-refractivity contribution in [1.82, 2.24) is 0 Å². The van der Waals surface area contributed by atoms with E-state index in [1.807, 2.05) is 31.2 Å². The van der Waals surface area contributed by atoms with Gasteiger partial charge in [0, 0.05) is 11.3 Å². The fourth-order valence-corrected chi connectivity index (χ4v) is 2.64. The van der Waals surface area contributed by atoms with E-state index in [1.165, 1.54) is 11.1 Å². The molecule has 1 unspecified atom stereocenters. The van der Waals surface area contributed by atoms with Gasteiger partial charge in [-0.05, 0) is 42.3 Å². The predicted octanol–water partition coefficient (Wildman–Crippen LogP) is 4.46. The van der Waals surface area contributed by atoms with E-state index in [-0.39, 0.29) is 11.3 Å². The van der Waals surface area contributed by atoms with Crippen LogP contribution in [0.3, 0.4) is 0 Å². The van der Waals surface area contributed by atoms with Gasteiger partial charge in [-0.15, -0.1) is 11.6 Å². The van der Waals surface area contributed by atoms with E-state index in [2.05, 4.69) is 24.3 Å². The molecule has 20 heavy (non-hydrogen) atoms. The highest BCUT2D eigenvalue weighted by Crippen LogP contribution is 2.32. The second kappa shape index (κ2) is 6.67. The summed E-state index contributed by atoms with van der Waals surface area (Å²) in [6.45, 7) is 2.01. The number of rotatable bonds is 5. The molecule has 106 valence electrons. The molecule has 0 spiro atoms. The molecular weight excluding hydrogens is 272 g/mol. The number of ether oxygens (including phenoxy) is 2. The topological polar surface area (TPSA) is 18.5 Å². The molecule has 0 aromatic heterocycles. The van der Waals surface area contributed by atoms with Crippen LogP contribution in [0, 0.1) is 0 Å². The van der Waals surface area contributed by atoms with Crippen molar-refractivity contribution >= 4 is 11.6 Å². The third kappa shape index (κ3) is 3.26. The van der Waals surface area contributed by atoms with Gasteiger partial charge in [0.2, 0.25) is 0 Å². The van der Waals surface area contributed by atoms with Crippen LogP contribution in [0.15, 0.2) is 48.5 Å². The highest BCUT2D eigenvalue weighted by atomic mass is 35.5. The van der Waals surface area contributed by atoms with Crippen LogP contribution in [0.25, 0.3) is 0 Å². The Kier molecular flexibility index (Phi) is 4.91. The Morgan fingerprint density at radius 1 is 0.750 bits per heavy atom. The SMILES string of the molecule is COc1ccc(C(c2ccc(OC)cc2)C(C)Cl)cc1. The second-order valence-corrected chi connectivity index (χ2v) is 5.39. The Morgan fingerprint density at radius 3 is 1.35 bits per heavy atom. The van der Waals surface area contributed by atoms with Gasteiger partial charge in [0.1, 0.15) is 11.5 Å². The zero-order chi connectivity index (χ0) is 14.5. The standard InChI is InChI=1S/C17H19ClO2/c1-12(18)17(13-4-8-15(19-2)9-5-13)14-6-10-16(20-3)11-7-14/h4-12,17H,1-3H3. The van der Waals surface area contributed by atoms with Crippen molar-refractivity contribution in [2.45, 2.75) is 18.2 Å². The maximum Gasteiger partial charge on any atom is 0.118 e. The highest BCUT2D eigenvalue weighted by molar-refractivity contribution is 6.21. The monoisotopic (exact) mass is 290 g/mol. The number of benzene rings is 2. The van der Waals surface area contributed by atoms with Gasteiger partial charge in [-0.3, -0.25) is 0 Å². The fourth-order valence-electron chi connectivity index (χ4n) is 2.35. The number of methoxy groups -OCH3 is 2. The average molecular weight is 291 g/mol. The summed E-state index contributed by atoms with van der Waals surface area (Å²) >= 11 is 6.40. The van der Waals surface area contributed by atoms with Crippen molar-refractivity contribution in [1.29, 1.82) is 0 Å². The quantitative estimate of drug-likeness (QED) is 0.757. The molecule has 0 heterocycles. The lowest BCUT2D eigenvalue weighted by Gasteiger charge is -2.21. The fraction of sp³-hybridized carbons (Fsp3) is 0.294. The Bertz CT molecular complexity index is 484. The van der Waals surface area contributed by atoms with E-state index >= 15 is 0 Å². The maximum atomic E-state index is 6.40. The van der Waals surface area contributed by atoms with Crippen molar-refractivity contribution in [3.63, 3.8) is 0 Å². The van der Waals surface area contributed by atoms with E-state index in [9.17, 15) is 0 Å². The summed E-state index contributed by atoms with van der Waals surface area (Å²) < 4.78 is 10.4. The van der Waals surface area contributed by atoms with Crippen LogP contribution in [0.5, 0.6) is 11.5 Å². The summed E-state index contributed by atoms with van der Waals surface area (Å²) in [4.78, 5) is 0. The van der Waals surface area contributed by atoms with E-state index in [0.29, 0.717) is 0 Å². The molecule has 2 aromatic rings. The molecule has 2 aromatic carbocycles. The molecule has 2 rings (SSSR count). The second-order valence-electron chi connectivity index (χ2n) is 4.70. The van der Waals surface area contributed by atoms with Gasteiger partial charge in [-0.2, -0.15) is 0 Å². The molecule has 0 radical (unpaired) electrons. The van der Waals surface area contributed by atoms with Crippen molar-refractivity contribution < 1.29 is 9.47 Å². The summed E-state index contributed by atoms with van der Waals surface area (Å²) in [5.74, 6) is 1.85. The third-order valence-corrected chi connectivity index (χ3v) is 3.66. The predicted molar refractivity (Wildman–Crippen MR) is 83.1 cm³/mol. The van der Waals surface area contributed by atoms with Gasteiger partial charge >= 0.3 is 0 Å². The van der Waals surface area contributed by atoms with E-state index in [4.69, 9.17) is 21.1 Å². The minimum Gasteiger partial charge on any atom is -0.497 e. The average Bonchev–Trinajstić information content (AvgIpc) is 2.48. The Morgan fingerprint density at radius 2 is 1.10 bits per heavy atom. The summed E-state index contributed by atoms with van der Waals surface area (Å²) in [5, 5.41) is -0.00297. The molecule has 0 aliphatic carbocycles. The summed E-state index contributed by atoms with van der Waals surface area (Å²) in [6.07, 6.45) is 0. The van der Waals surface area contributed by atoms with Crippen LogP contribution in [-0.4, -0.2) is 19.6 Å². The number of alkyl halides is 1. The molecule has 0 N–H and O–H groups in total. The summed E-state index contributed by atoms with van der Waals surface area (Å²) in [7, 11) is 3.33. The lowest BCUT2D eigenvalue weighted by molar-refractivity contribution is 0.414. The van der Waals surface area contributed by atoms with Crippen LogP contribution >= 0.6 is 11.6 Å². The zero-order valence-corrected chi connectivity index (χ0v) is 12.7. The molecule has 2 nitrogen and oxygen atoms in total. The Hall–Kier alpha value is -1.67. The van der Waals surface area contributed by atoms with Gasteiger partial charge in [-0.1, -0.05) is 24.3 Å². The van der Waals surface area contributed by atoms with Crippen molar-refractivity contribution in [2.24, 2.45) is 0 Å². The highest BCUT2D eigenvalue weighted by Gasteiger charge is 2.19. The van der Waals surface area contributed by atoms with Crippen LogP contribution in [0.1, 0.15) is 24.0 Å². The Labute approximate surface area is 125 Å². The minimum atomic E-state index is -0.00297. The molecule has 0 saturated carbocycles. The van der Waals surface area contributed by atoms with Crippen molar-refractivity contribution in [2.75, 3.05) is 14.2 Å². The first-order valence-electron chi connectivity index (χ1n) is 6.57.